The van der Waals surface area contributed by atoms with Gasteiger partial charge in [0.2, 0.25) is 0 Å². The zero-order chi connectivity index (χ0) is 17.6. The molecule has 0 unspecified atom stereocenters. The highest BCUT2D eigenvalue weighted by molar-refractivity contribution is 4.63. The fourth-order valence-electron chi connectivity index (χ4n) is 3.14. The van der Waals surface area contributed by atoms with Crippen molar-refractivity contribution in [2.45, 2.75) is 116 Å². The van der Waals surface area contributed by atoms with Gasteiger partial charge in [-0.2, -0.15) is 0 Å². The van der Waals surface area contributed by atoms with Gasteiger partial charge in [0.15, 0.2) is 0 Å². The summed E-state index contributed by atoms with van der Waals surface area (Å²) in [4.78, 5) is 0. The summed E-state index contributed by atoms with van der Waals surface area (Å²) in [7, 11) is 0. The molecule has 145 valence electrons. The van der Waals surface area contributed by atoms with Gasteiger partial charge >= 0.3 is 0 Å². The van der Waals surface area contributed by atoms with E-state index < -0.39 is 0 Å². The highest BCUT2D eigenvalue weighted by Crippen LogP contribution is 2.13. The highest BCUT2D eigenvalue weighted by Gasteiger charge is 1.95. The summed E-state index contributed by atoms with van der Waals surface area (Å²) in [5, 5.41) is 0. The van der Waals surface area contributed by atoms with Crippen LogP contribution in [-0.2, 0) is 4.74 Å². The van der Waals surface area contributed by atoms with E-state index in [-0.39, 0.29) is 0 Å². The first kappa shape index (κ1) is 23.9. The first-order valence-electron chi connectivity index (χ1n) is 11.0. The van der Waals surface area contributed by atoms with E-state index in [4.69, 9.17) is 10.5 Å². The van der Waals surface area contributed by atoms with Crippen molar-refractivity contribution < 1.29 is 4.74 Å². The molecule has 0 bridgehead atoms. The predicted octanol–water partition coefficient (Wildman–Crippen LogP) is 6.82. The summed E-state index contributed by atoms with van der Waals surface area (Å²) in [5.41, 5.74) is 5.40. The van der Waals surface area contributed by atoms with Gasteiger partial charge in [-0.3, -0.25) is 0 Å². The monoisotopic (exact) mass is 340 g/mol. The van der Waals surface area contributed by atoms with E-state index in [9.17, 15) is 0 Å². The highest BCUT2D eigenvalue weighted by atomic mass is 16.5. The Morgan fingerprint density at radius 2 is 1.00 bits per heavy atom. The second-order valence-electron chi connectivity index (χ2n) is 7.23. The second-order valence-corrected chi connectivity index (χ2v) is 7.23. The molecule has 0 aliphatic carbocycles. The van der Waals surface area contributed by atoms with Gasteiger partial charge in [0, 0.05) is 13.2 Å². The molecular weight excluding hydrogens is 294 g/mol. The van der Waals surface area contributed by atoms with Gasteiger partial charge in [0.1, 0.15) is 0 Å². The second kappa shape index (κ2) is 22.9. The predicted molar refractivity (Wildman–Crippen MR) is 108 cm³/mol. The summed E-state index contributed by atoms with van der Waals surface area (Å²) in [5.74, 6) is 0. The Morgan fingerprint density at radius 3 is 1.42 bits per heavy atom. The third-order valence-corrected chi connectivity index (χ3v) is 4.78. The van der Waals surface area contributed by atoms with E-state index in [0.717, 1.165) is 19.6 Å². The maximum Gasteiger partial charge on any atom is 0.0469 e. The standard InChI is InChI=1S/C22H46NO/c1-2-3-4-5-6-7-8-9-10-11-12-13-14-15-16-18-21-24-22-19-17-20-23/h17H,2-16,18-23H2,1H3. The largest absolute Gasteiger partial charge is 0.381 e. The molecule has 2 N–H and O–H groups in total. The van der Waals surface area contributed by atoms with Crippen molar-refractivity contribution in [1.82, 2.24) is 0 Å². The lowest BCUT2D eigenvalue weighted by Gasteiger charge is -2.04. The average Bonchev–Trinajstić information content (AvgIpc) is 2.60. The molecule has 0 atom stereocenters. The first-order valence-corrected chi connectivity index (χ1v) is 11.0. The number of hydrogen-bond donors (Lipinski definition) is 1. The molecule has 0 aromatic rings. The summed E-state index contributed by atoms with van der Waals surface area (Å²) >= 11 is 0. The molecule has 0 rings (SSSR count). The molecule has 0 aliphatic rings. The zero-order valence-corrected chi connectivity index (χ0v) is 16.7. The minimum Gasteiger partial charge on any atom is -0.381 e. The zero-order valence-electron chi connectivity index (χ0n) is 16.7. The molecule has 0 aromatic heterocycles. The van der Waals surface area contributed by atoms with Crippen LogP contribution in [0.4, 0.5) is 0 Å². The van der Waals surface area contributed by atoms with Crippen LogP contribution in [0.2, 0.25) is 0 Å². The van der Waals surface area contributed by atoms with E-state index in [1.54, 1.807) is 0 Å². The number of ether oxygens (including phenoxy) is 1. The Hall–Kier alpha value is -0.0800. The third kappa shape index (κ3) is 21.9. The van der Waals surface area contributed by atoms with Crippen molar-refractivity contribution in [3.63, 3.8) is 0 Å². The van der Waals surface area contributed by atoms with E-state index in [1.807, 2.05) is 0 Å². The summed E-state index contributed by atoms with van der Waals surface area (Å²) in [6.07, 6.45) is 25.8. The van der Waals surface area contributed by atoms with Crippen LogP contribution in [0.1, 0.15) is 116 Å². The Balaban J connectivity index is 2.93. The molecule has 1 radical (unpaired) electrons. The molecule has 0 aliphatic heterocycles. The van der Waals surface area contributed by atoms with Gasteiger partial charge in [0.25, 0.3) is 0 Å². The molecule has 0 saturated heterocycles. The van der Waals surface area contributed by atoms with Gasteiger partial charge in [-0.15, -0.1) is 0 Å². The van der Waals surface area contributed by atoms with Crippen molar-refractivity contribution in [2.24, 2.45) is 5.73 Å². The molecule has 0 spiro atoms. The van der Waals surface area contributed by atoms with E-state index in [1.165, 1.54) is 103 Å². The fourth-order valence-corrected chi connectivity index (χ4v) is 3.14. The topological polar surface area (TPSA) is 35.2 Å². The molecule has 0 heterocycles. The van der Waals surface area contributed by atoms with Crippen LogP contribution in [0.15, 0.2) is 0 Å². The number of nitrogens with two attached hydrogens (primary N) is 1. The molecular formula is C22H46NO. The lowest BCUT2D eigenvalue weighted by Crippen LogP contribution is -2.03. The maximum absolute atomic E-state index is 5.57. The molecule has 2 nitrogen and oxygen atoms in total. The van der Waals surface area contributed by atoms with Crippen LogP contribution in [0, 0.1) is 6.42 Å². The van der Waals surface area contributed by atoms with Gasteiger partial charge in [-0.05, 0) is 25.8 Å². The van der Waals surface area contributed by atoms with Crippen molar-refractivity contribution in [1.29, 1.82) is 0 Å². The van der Waals surface area contributed by atoms with Crippen molar-refractivity contribution in [3.8, 4) is 0 Å². The molecule has 0 fully saturated rings. The van der Waals surface area contributed by atoms with Gasteiger partial charge in [-0.25, -0.2) is 0 Å². The SMILES string of the molecule is CCCCCCCCCCCCCCCCCCOCC[CH]CN. The summed E-state index contributed by atoms with van der Waals surface area (Å²) in [6.45, 7) is 4.73. The van der Waals surface area contributed by atoms with E-state index in [2.05, 4.69) is 13.3 Å². The fraction of sp³-hybridized carbons (Fsp3) is 0.955. The Kier molecular flexibility index (Phi) is 22.8. The van der Waals surface area contributed by atoms with E-state index >= 15 is 0 Å². The van der Waals surface area contributed by atoms with Crippen LogP contribution in [-0.4, -0.2) is 19.8 Å². The number of hydrogen-bond acceptors (Lipinski definition) is 2. The van der Waals surface area contributed by atoms with Gasteiger partial charge in [0.05, 0.1) is 0 Å². The lowest BCUT2D eigenvalue weighted by molar-refractivity contribution is 0.132. The normalized spacial score (nSPS) is 11.2. The van der Waals surface area contributed by atoms with Crippen LogP contribution in [0.25, 0.3) is 0 Å². The van der Waals surface area contributed by atoms with Crippen LogP contribution in [0.3, 0.4) is 0 Å². The van der Waals surface area contributed by atoms with Crippen molar-refractivity contribution in [2.75, 3.05) is 19.8 Å². The Morgan fingerprint density at radius 1 is 0.583 bits per heavy atom. The van der Waals surface area contributed by atoms with Crippen LogP contribution < -0.4 is 5.73 Å². The number of unbranched alkanes of at least 4 members (excludes halogenated alkanes) is 16. The van der Waals surface area contributed by atoms with Crippen LogP contribution in [0.5, 0.6) is 0 Å². The maximum atomic E-state index is 5.57. The quantitative estimate of drug-likeness (QED) is 0.233. The summed E-state index contributed by atoms with van der Waals surface area (Å²) < 4.78 is 5.57. The van der Waals surface area contributed by atoms with Gasteiger partial charge in [-0.1, -0.05) is 103 Å². The van der Waals surface area contributed by atoms with Crippen molar-refractivity contribution in [3.05, 3.63) is 6.42 Å². The third-order valence-electron chi connectivity index (χ3n) is 4.78. The molecule has 24 heavy (non-hydrogen) atoms. The van der Waals surface area contributed by atoms with Crippen LogP contribution >= 0.6 is 0 Å². The van der Waals surface area contributed by atoms with Crippen molar-refractivity contribution >= 4 is 0 Å². The molecule has 0 amide bonds. The molecule has 0 saturated carbocycles. The number of rotatable bonds is 21. The molecule has 0 aromatic carbocycles. The minimum atomic E-state index is 0.669. The smallest absolute Gasteiger partial charge is 0.0469 e. The van der Waals surface area contributed by atoms with E-state index in [0.29, 0.717) is 6.54 Å². The Bertz CT molecular complexity index is 186. The lowest BCUT2D eigenvalue weighted by atomic mass is 10.0. The molecule has 2 heteroatoms. The van der Waals surface area contributed by atoms with Gasteiger partial charge < -0.3 is 10.5 Å². The first-order chi connectivity index (χ1) is 11.9. The average molecular weight is 341 g/mol. The Labute approximate surface area is 153 Å². The minimum absolute atomic E-state index is 0.669. The summed E-state index contributed by atoms with van der Waals surface area (Å²) in [6, 6.07) is 0.